The summed E-state index contributed by atoms with van der Waals surface area (Å²) in [4.78, 5) is 23.9. The molecule has 0 bridgehead atoms. The van der Waals surface area contributed by atoms with Crippen molar-refractivity contribution < 1.29 is 14.3 Å². The third-order valence-electron chi connectivity index (χ3n) is 3.67. The molecular weight excluding hydrogens is 311 g/mol. The van der Waals surface area contributed by atoms with Crippen molar-refractivity contribution in [3.63, 3.8) is 0 Å². The molecule has 1 N–H and O–H groups in total. The minimum absolute atomic E-state index is 0.0689. The molecule has 3 aromatic rings. The first kappa shape index (κ1) is 15.8. The van der Waals surface area contributed by atoms with Crippen molar-refractivity contribution in [3.8, 4) is 17.2 Å². The molecule has 1 aromatic carbocycles. The minimum atomic E-state index is -1.11. The van der Waals surface area contributed by atoms with Gasteiger partial charge in [-0.05, 0) is 25.5 Å². The molecular formula is C17H15FN4O2. The fourth-order valence-electron chi connectivity index (χ4n) is 2.51. The van der Waals surface area contributed by atoms with E-state index in [-0.39, 0.29) is 11.5 Å². The number of halogens is 1. The number of carboxylic acids is 1. The molecule has 0 atom stereocenters. The van der Waals surface area contributed by atoms with Gasteiger partial charge in [0.2, 0.25) is 0 Å². The number of hydrogen-bond donors (Lipinski definition) is 1. The Bertz CT molecular complexity index is 921. The molecule has 24 heavy (non-hydrogen) atoms. The second kappa shape index (κ2) is 6.19. The number of benzene rings is 1. The average Bonchev–Trinajstić information content (AvgIpc) is 3.04. The van der Waals surface area contributed by atoms with Gasteiger partial charge in [0.15, 0.2) is 11.5 Å². The standard InChI is InChI=1S/C17H15FN4O2/c1-3-13-10(2)20-15(11-5-4-6-12(18)7-11)21-16(13)22-8-14(17(23)24)19-9-22/h4-9H,3H2,1-2H3,(H,23,24). The first-order chi connectivity index (χ1) is 11.5. The Morgan fingerprint density at radius 2 is 2.12 bits per heavy atom. The van der Waals surface area contributed by atoms with E-state index in [0.29, 0.717) is 23.6 Å². The molecule has 0 aliphatic rings. The summed E-state index contributed by atoms with van der Waals surface area (Å²) in [6, 6.07) is 6.04. The van der Waals surface area contributed by atoms with E-state index in [0.717, 1.165) is 11.3 Å². The largest absolute Gasteiger partial charge is 0.476 e. The fraction of sp³-hybridized carbons (Fsp3) is 0.176. The lowest BCUT2D eigenvalue weighted by Crippen LogP contribution is -2.07. The smallest absolute Gasteiger partial charge is 0.356 e. The second-order valence-electron chi connectivity index (χ2n) is 5.27. The fourth-order valence-corrected chi connectivity index (χ4v) is 2.51. The lowest BCUT2D eigenvalue weighted by molar-refractivity contribution is 0.0691. The maximum absolute atomic E-state index is 13.5. The van der Waals surface area contributed by atoms with Crippen molar-refractivity contribution in [3.05, 3.63) is 59.6 Å². The van der Waals surface area contributed by atoms with Gasteiger partial charge in [0.25, 0.3) is 0 Å². The van der Waals surface area contributed by atoms with Crippen molar-refractivity contribution in [1.82, 2.24) is 19.5 Å². The number of aromatic nitrogens is 4. The van der Waals surface area contributed by atoms with Crippen molar-refractivity contribution in [1.29, 1.82) is 0 Å². The van der Waals surface area contributed by atoms with E-state index < -0.39 is 5.97 Å². The average molecular weight is 326 g/mol. The zero-order chi connectivity index (χ0) is 17.3. The predicted octanol–water partition coefficient (Wildman–Crippen LogP) is 3.04. The number of rotatable bonds is 4. The van der Waals surface area contributed by atoms with Crippen LogP contribution in [0.4, 0.5) is 4.39 Å². The van der Waals surface area contributed by atoms with E-state index in [9.17, 15) is 9.18 Å². The van der Waals surface area contributed by atoms with E-state index in [2.05, 4.69) is 15.0 Å². The normalized spacial score (nSPS) is 10.8. The third kappa shape index (κ3) is 2.88. The molecule has 122 valence electrons. The van der Waals surface area contributed by atoms with Gasteiger partial charge < -0.3 is 5.11 Å². The zero-order valence-corrected chi connectivity index (χ0v) is 13.2. The molecule has 6 nitrogen and oxygen atoms in total. The number of aryl methyl sites for hydroxylation is 1. The predicted molar refractivity (Wildman–Crippen MR) is 85.6 cm³/mol. The Kier molecular flexibility index (Phi) is 4.07. The first-order valence-corrected chi connectivity index (χ1v) is 7.40. The SMILES string of the molecule is CCc1c(C)nc(-c2cccc(F)c2)nc1-n1cnc(C(=O)O)c1. The number of imidazole rings is 1. The Balaban J connectivity index is 2.18. The molecule has 0 saturated heterocycles. The van der Waals surface area contributed by atoms with E-state index in [1.165, 1.54) is 24.7 Å². The van der Waals surface area contributed by atoms with Gasteiger partial charge >= 0.3 is 5.97 Å². The van der Waals surface area contributed by atoms with Crippen LogP contribution in [-0.4, -0.2) is 30.6 Å². The van der Waals surface area contributed by atoms with Gasteiger partial charge in [0, 0.05) is 23.0 Å². The van der Waals surface area contributed by atoms with E-state index >= 15 is 0 Å². The number of nitrogens with zero attached hydrogens (tertiary/aromatic N) is 4. The van der Waals surface area contributed by atoms with Crippen LogP contribution in [0.5, 0.6) is 0 Å². The molecule has 2 aromatic heterocycles. The molecule has 0 amide bonds. The summed E-state index contributed by atoms with van der Waals surface area (Å²) in [5.41, 5.74) is 2.12. The van der Waals surface area contributed by atoms with Gasteiger partial charge in [-0.25, -0.2) is 24.1 Å². The number of carbonyl (C=O) groups is 1. The molecule has 0 spiro atoms. The van der Waals surface area contributed by atoms with Gasteiger partial charge in [0.05, 0.1) is 0 Å². The summed E-state index contributed by atoms with van der Waals surface area (Å²) in [5.74, 6) is -0.553. The van der Waals surface area contributed by atoms with Crippen LogP contribution in [0, 0.1) is 12.7 Å². The highest BCUT2D eigenvalue weighted by Gasteiger charge is 2.15. The first-order valence-electron chi connectivity index (χ1n) is 7.40. The highest BCUT2D eigenvalue weighted by atomic mass is 19.1. The molecule has 2 heterocycles. The molecule has 0 unspecified atom stereocenters. The summed E-state index contributed by atoms with van der Waals surface area (Å²) in [6.07, 6.45) is 3.48. The Labute approximate surface area is 137 Å². The van der Waals surface area contributed by atoms with Gasteiger partial charge in [0.1, 0.15) is 18.0 Å². The quantitative estimate of drug-likeness (QED) is 0.797. The molecule has 0 saturated carbocycles. The summed E-state index contributed by atoms with van der Waals surface area (Å²) < 4.78 is 15.0. The number of carboxylic acid groups (broad SMARTS) is 1. The van der Waals surface area contributed by atoms with E-state index in [1.54, 1.807) is 16.7 Å². The lowest BCUT2D eigenvalue weighted by Gasteiger charge is -2.12. The highest BCUT2D eigenvalue weighted by molar-refractivity contribution is 5.85. The Morgan fingerprint density at radius 3 is 2.75 bits per heavy atom. The maximum atomic E-state index is 13.5. The monoisotopic (exact) mass is 326 g/mol. The number of aromatic carboxylic acids is 1. The van der Waals surface area contributed by atoms with Crippen LogP contribution in [0.2, 0.25) is 0 Å². The summed E-state index contributed by atoms with van der Waals surface area (Å²) in [6.45, 7) is 3.81. The van der Waals surface area contributed by atoms with E-state index in [1.807, 2.05) is 13.8 Å². The van der Waals surface area contributed by atoms with Crippen LogP contribution in [0.3, 0.4) is 0 Å². The molecule has 0 aliphatic carbocycles. The van der Waals surface area contributed by atoms with Crippen LogP contribution in [0.25, 0.3) is 17.2 Å². The molecule has 3 rings (SSSR count). The van der Waals surface area contributed by atoms with Crippen LogP contribution in [0.1, 0.15) is 28.7 Å². The maximum Gasteiger partial charge on any atom is 0.356 e. The summed E-state index contributed by atoms with van der Waals surface area (Å²) in [5, 5.41) is 9.04. The summed E-state index contributed by atoms with van der Waals surface area (Å²) >= 11 is 0. The minimum Gasteiger partial charge on any atom is -0.476 e. The van der Waals surface area contributed by atoms with Gasteiger partial charge in [-0.3, -0.25) is 4.57 Å². The molecule has 7 heteroatoms. The Morgan fingerprint density at radius 1 is 1.33 bits per heavy atom. The number of hydrogen-bond acceptors (Lipinski definition) is 4. The van der Waals surface area contributed by atoms with Crippen LogP contribution < -0.4 is 0 Å². The highest BCUT2D eigenvalue weighted by Crippen LogP contribution is 2.23. The van der Waals surface area contributed by atoms with Crippen molar-refractivity contribution in [2.24, 2.45) is 0 Å². The van der Waals surface area contributed by atoms with Crippen LogP contribution >= 0.6 is 0 Å². The van der Waals surface area contributed by atoms with Crippen molar-refractivity contribution in [2.45, 2.75) is 20.3 Å². The second-order valence-corrected chi connectivity index (χ2v) is 5.27. The van der Waals surface area contributed by atoms with Crippen LogP contribution in [-0.2, 0) is 6.42 Å². The third-order valence-corrected chi connectivity index (χ3v) is 3.67. The molecule has 0 aliphatic heterocycles. The van der Waals surface area contributed by atoms with Gasteiger partial charge in [-0.1, -0.05) is 19.1 Å². The summed E-state index contributed by atoms with van der Waals surface area (Å²) in [7, 11) is 0. The zero-order valence-electron chi connectivity index (χ0n) is 13.2. The van der Waals surface area contributed by atoms with Crippen LogP contribution in [0.15, 0.2) is 36.8 Å². The van der Waals surface area contributed by atoms with E-state index in [4.69, 9.17) is 5.11 Å². The lowest BCUT2D eigenvalue weighted by atomic mass is 10.1. The van der Waals surface area contributed by atoms with Crippen molar-refractivity contribution in [2.75, 3.05) is 0 Å². The topological polar surface area (TPSA) is 80.9 Å². The molecule has 0 radical (unpaired) electrons. The van der Waals surface area contributed by atoms with Gasteiger partial charge in [-0.15, -0.1) is 0 Å². The van der Waals surface area contributed by atoms with Crippen molar-refractivity contribution >= 4 is 5.97 Å². The Hall–Kier alpha value is -3.09. The van der Waals surface area contributed by atoms with Gasteiger partial charge in [-0.2, -0.15) is 0 Å². The molecule has 0 fully saturated rings.